The molecule has 0 aliphatic heterocycles. The number of carbonyl (C=O) groups excluding carboxylic acids is 1. The molecule has 0 aliphatic rings. The molecule has 4 heteroatoms. The summed E-state index contributed by atoms with van der Waals surface area (Å²) in [5.74, 6) is -0.405. The Morgan fingerprint density at radius 3 is 2.47 bits per heavy atom. The summed E-state index contributed by atoms with van der Waals surface area (Å²) in [7, 11) is 0. The Kier molecular flexibility index (Phi) is 2.77. The van der Waals surface area contributed by atoms with E-state index in [4.69, 9.17) is 5.73 Å². The van der Waals surface area contributed by atoms with Gasteiger partial charge in [-0.05, 0) is 12.1 Å². The SMILES string of the molecule is Cl.NC(=O)c1cccc2c1[nH]c1ccccc12. The molecule has 0 radical (unpaired) electrons. The Morgan fingerprint density at radius 1 is 1.00 bits per heavy atom. The van der Waals surface area contributed by atoms with Crippen LogP contribution in [0.2, 0.25) is 0 Å². The molecule has 3 N–H and O–H groups in total. The van der Waals surface area contributed by atoms with E-state index in [-0.39, 0.29) is 12.4 Å². The van der Waals surface area contributed by atoms with Gasteiger partial charge in [0, 0.05) is 16.3 Å². The van der Waals surface area contributed by atoms with E-state index >= 15 is 0 Å². The van der Waals surface area contributed by atoms with Crippen LogP contribution in [0, 0.1) is 0 Å². The summed E-state index contributed by atoms with van der Waals surface area (Å²) in [6, 6.07) is 13.5. The molecule has 0 spiro atoms. The van der Waals surface area contributed by atoms with E-state index in [1.165, 1.54) is 0 Å². The fraction of sp³-hybridized carbons (Fsp3) is 0. The number of H-pyrrole nitrogens is 1. The van der Waals surface area contributed by atoms with Crippen LogP contribution in [0.5, 0.6) is 0 Å². The summed E-state index contributed by atoms with van der Waals surface area (Å²) >= 11 is 0. The zero-order valence-corrected chi connectivity index (χ0v) is 9.75. The first-order chi connectivity index (χ1) is 7.77. The van der Waals surface area contributed by atoms with Crippen LogP contribution >= 0.6 is 12.4 Å². The minimum absolute atomic E-state index is 0. The molecule has 3 nitrogen and oxygen atoms in total. The van der Waals surface area contributed by atoms with Gasteiger partial charge in [-0.3, -0.25) is 4.79 Å². The van der Waals surface area contributed by atoms with Gasteiger partial charge in [-0.1, -0.05) is 30.3 Å². The van der Waals surface area contributed by atoms with Crippen LogP contribution in [0.25, 0.3) is 21.8 Å². The van der Waals surface area contributed by atoms with Gasteiger partial charge in [0.15, 0.2) is 0 Å². The maximum absolute atomic E-state index is 11.3. The first-order valence-corrected chi connectivity index (χ1v) is 5.06. The Labute approximate surface area is 104 Å². The lowest BCUT2D eigenvalue weighted by Gasteiger charge is -1.96. The zero-order valence-electron chi connectivity index (χ0n) is 8.94. The fourth-order valence-electron chi connectivity index (χ4n) is 2.08. The van der Waals surface area contributed by atoms with Crippen molar-refractivity contribution in [3.05, 3.63) is 48.0 Å². The van der Waals surface area contributed by atoms with E-state index in [0.717, 1.165) is 21.8 Å². The monoisotopic (exact) mass is 246 g/mol. The first-order valence-electron chi connectivity index (χ1n) is 5.06. The van der Waals surface area contributed by atoms with E-state index in [2.05, 4.69) is 4.98 Å². The van der Waals surface area contributed by atoms with E-state index in [0.29, 0.717) is 5.56 Å². The van der Waals surface area contributed by atoms with Crippen LogP contribution in [0.1, 0.15) is 10.4 Å². The van der Waals surface area contributed by atoms with Gasteiger partial charge in [0.25, 0.3) is 5.91 Å². The number of fused-ring (bicyclic) bond motifs is 3. The number of primary amides is 1. The van der Waals surface area contributed by atoms with Gasteiger partial charge < -0.3 is 10.7 Å². The molecule has 0 fully saturated rings. The van der Waals surface area contributed by atoms with Crippen LogP contribution in [0.4, 0.5) is 0 Å². The first kappa shape index (κ1) is 11.5. The number of aromatic amines is 1. The third-order valence-corrected chi connectivity index (χ3v) is 2.81. The fourth-order valence-corrected chi connectivity index (χ4v) is 2.08. The van der Waals surface area contributed by atoms with Crippen molar-refractivity contribution >= 4 is 40.1 Å². The average molecular weight is 247 g/mol. The number of amides is 1. The second-order valence-electron chi connectivity index (χ2n) is 3.76. The molecule has 0 atom stereocenters. The van der Waals surface area contributed by atoms with Gasteiger partial charge >= 0.3 is 0 Å². The van der Waals surface area contributed by atoms with Crippen LogP contribution < -0.4 is 5.73 Å². The lowest BCUT2D eigenvalue weighted by atomic mass is 10.1. The maximum atomic E-state index is 11.3. The molecule has 0 unspecified atom stereocenters. The van der Waals surface area contributed by atoms with Crippen molar-refractivity contribution in [2.75, 3.05) is 0 Å². The molecule has 0 saturated carbocycles. The third-order valence-electron chi connectivity index (χ3n) is 2.81. The van der Waals surface area contributed by atoms with Gasteiger partial charge in [-0.15, -0.1) is 12.4 Å². The van der Waals surface area contributed by atoms with Crippen LogP contribution in [-0.4, -0.2) is 10.9 Å². The van der Waals surface area contributed by atoms with Crippen LogP contribution in [-0.2, 0) is 0 Å². The molecule has 3 aromatic rings. The number of hydrogen-bond acceptors (Lipinski definition) is 1. The largest absolute Gasteiger partial charge is 0.366 e. The molecular formula is C13H11ClN2O. The topological polar surface area (TPSA) is 58.9 Å². The van der Waals surface area contributed by atoms with Gasteiger partial charge in [-0.25, -0.2) is 0 Å². The molecule has 3 rings (SSSR count). The summed E-state index contributed by atoms with van der Waals surface area (Å²) in [5.41, 5.74) is 7.71. The lowest BCUT2D eigenvalue weighted by molar-refractivity contribution is 0.100. The number of aromatic nitrogens is 1. The Morgan fingerprint density at radius 2 is 1.71 bits per heavy atom. The van der Waals surface area contributed by atoms with Crippen molar-refractivity contribution in [3.8, 4) is 0 Å². The van der Waals surface area contributed by atoms with E-state index in [9.17, 15) is 4.79 Å². The summed E-state index contributed by atoms with van der Waals surface area (Å²) in [5, 5.41) is 2.15. The van der Waals surface area contributed by atoms with Crippen molar-refractivity contribution in [3.63, 3.8) is 0 Å². The highest BCUT2D eigenvalue weighted by Gasteiger charge is 2.10. The third kappa shape index (κ3) is 1.65. The maximum Gasteiger partial charge on any atom is 0.250 e. The minimum Gasteiger partial charge on any atom is -0.366 e. The number of halogens is 1. The molecule has 2 aromatic carbocycles. The molecule has 1 amide bonds. The summed E-state index contributed by atoms with van der Waals surface area (Å²) in [6.07, 6.45) is 0. The normalized spacial score (nSPS) is 10.4. The number of rotatable bonds is 1. The zero-order chi connectivity index (χ0) is 11.1. The number of nitrogens with one attached hydrogen (secondary N) is 1. The smallest absolute Gasteiger partial charge is 0.250 e. The number of hydrogen-bond donors (Lipinski definition) is 2. The van der Waals surface area contributed by atoms with Crippen molar-refractivity contribution in [1.29, 1.82) is 0 Å². The molecule has 17 heavy (non-hydrogen) atoms. The summed E-state index contributed by atoms with van der Waals surface area (Å²) in [6.45, 7) is 0. The second-order valence-corrected chi connectivity index (χ2v) is 3.76. The standard InChI is InChI=1S/C13H10N2O.ClH/c14-13(16)10-6-3-5-9-8-4-1-2-7-11(8)15-12(9)10;/h1-7,15H,(H2,14,16);1H. The number of para-hydroxylation sites is 2. The number of benzene rings is 2. The predicted octanol–water partition coefficient (Wildman–Crippen LogP) is 2.84. The Bertz CT molecular complexity index is 703. The van der Waals surface area contributed by atoms with Crippen molar-refractivity contribution in [2.45, 2.75) is 0 Å². The van der Waals surface area contributed by atoms with Crippen molar-refractivity contribution in [2.24, 2.45) is 5.73 Å². The quantitative estimate of drug-likeness (QED) is 0.682. The van der Waals surface area contributed by atoms with Gasteiger partial charge in [0.2, 0.25) is 0 Å². The lowest BCUT2D eigenvalue weighted by Crippen LogP contribution is -2.11. The molecule has 0 saturated heterocycles. The highest BCUT2D eigenvalue weighted by atomic mass is 35.5. The minimum atomic E-state index is -0.405. The van der Waals surface area contributed by atoms with Gasteiger partial charge in [-0.2, -0.15) is 0 Å². The molecule has 1 aromatic heterocycles. The second kappa shape index (κ2) is 4.11. The van der Waals surface area contributed by atoms with Crippen molar-refractivity contribution in [1.82, 2.24) is 4.98 Å². The van der Waals surface area contributed by atoms with Crippen LogP contribution in [0.3, 0.4) is 0 Å². The van der Waals surface area contributed by atoms with E-state index in [1.807, 2.05) is 36.4 Å². The van der Waals surface area contributed by atoms with Gasteiger partial charge in [0.05, 0.1) is 11.1 Å². The summed E-state index contributed by atoms with van der Waals surface area (Å²) in [4.78, 5) is 14.5. The van der Waals surface area contributed by atoms with Gasteiger partial charge in [0.1, 0.15) is 0 Å². The summed E-state index contributed by atoms with van der Waals surface area (Å²) < 4.78 is 0. The van der Waals surface area contributed by atoms with E-state index in [1.54, 1.807) is 6.07 Å². The van der Waals surface area contributed by atoms with E-state index < -0.39 is 5.91 Å². The Hall–Kier alpha value is -2.00. The molecular weight excluding hydrogens is 236 g/mol. The average Bonchev–Trinajstić information content (AvgIpc) is 2.67. The highest BCUT2D eigenvalue weighted by Crippen LogP contribution is 2.26. The highest BCUT2D eigenvalue weighted by molar-refractivity contribution is 6.14. The Balaban J connectivity index is 0.00000108. The van der Waals surface area contributed by atoms with Crippen molar-refractivity contribution < 1.29 is 4.79 Å². The molecule has 0 bridgehead atoms. The number of nitrogens with two attached hydrogens (primary N) is 1. The molecule has 0 aliphatic carbocycles. The predicted molar refractivity (Wildman–Crippen MR) is 71.6 cm³/mol. The molecule has 86 valence electrons. The van der Waals surface area contributed by atoms with Crippen LogP contribution in [0.15, 0.2) is 42.5 Å². The number of carbonyl (C=O) groups is 1. The molecule has 1 heterocycles.